The van der Waals surface area contributed by atoms with E-state index in [1.54, 1.807) is 6.26 Å². The molecular formula is C14H18N2O2S2. The summed E-state index contributed by atoms with van der Waals surface area (Å²) in [6, 6.07) is 5.95. The highest BCUT2D eigenvalue weighted by Gasteiger charge is 2.17. The third kappa shape index (κ3) is 3.02. The fourth-order valence-electron chi connectivity index (χ4n) is 1.83. The molecule has 1 heterocycles. The van der Waals surface area contributed by atoms with Gasteiger partial charge in [0.05, 0.1) is 5.69 Å². The molecule has 0 aliphatic heterocycles. The highest BCUT2D eigenvalue weighted by atomic mass is 32.2. The summed E-state index contributed by atoms with van der Waals surface area (Å²) in [5.74, 6) is -0.196. The molecule has 2 unspecified atom stereocenters. The van der Waals surface area contributed by atoms with Crippen molar-refractivity contribution in [2.24, 2.45) is 0 Å². The van der Waals surface area contributed by atoms with E-state index >= 15 is 0 Å². The maximum atomic E-state index is 12.2. The van der Waals surface area contributed by atoms with Crippen molar-refractivity contribution in [1.82, 2.24) is 5.32 Å². The number of nitrogen functional groups attached to an aromatic ring is 1. The van der Waals surface area contributed by atoms with E-state index in [4.69, 9.17) is 5.73 Å². The van der Waals surface area contributed by atoms with Crippen molar-refractivity contribution in [3.63, 3.8) is 0 Å². The van der Waals surface area contributed by atoms with Crippen LogP contribution >= 0.6 is 11.3 Å². The summed E-state index contributed by atoms with van der Waals surface area (Å²) in [6.07, 6.45) is 1.63. The molecule has 0 saturated carbocycles. The summed E-state index contributed by atoms with van der Waals surface area (Å²) in [5.41, 5.74) is 7.71. The van der Waals surface area contributed by atoms with Crippen LogP contribution in [0.15, 0.2) is 18.2 Å². The lowest BCUT2D eigenvalue weighted by molar-refractivity contribution is 0.0959. The Hall–Kier alpha value is -1.40. The zero-order valence-corrected chi connectivity index (χ0v) is 13.4. The van der Waals surface area contributed by atoms with E-state index in [0.717, 1.165) is 15.6 Å². The van der Waals surface area contributed by atoms with Crippen LogP contribution in [0.1, 0.15) is 22.2 Å². The Bertz CT molecular complexity index is 679. The zero-order valence-electron chi connectivity index (χ0n) is 11.7. The quantitative estimate of drug-likeness (QED) is 0.910. The standard InChI is InChI=1S/C14H18N2O2S2/c1-8-4-5-10-11(6-8)19-13(12(10)15)14(17)16-7-9(2)20(3)18/h4-6,9H,7,15H2,1-3H3,(H,16,17). The number of fused-ring (bicyclic) bond motifs is 1. The van der Waals surface area contributed by atoms with Gasteiger partial charge in [-0.1, -0.05) is 12.1 Å². The van der Waals surface area contributed by atoms with E-state index in [9.17, 15) is 9.00 Å². The monoisotopic (exact) mass is 310 g/mol. The molecule has 1 amide bonds. The van der Waals surface area contributed by atoms with Crippen LogP contribution in [0.4, 0.5) is 5.69 Å². The molecule has 0 aliphatic rings. The first-order valence-corrected chi connectivity index (χ1v) is 8.73. The number of anilines is 1. The van der Waals surface area contributed by atoms with Crippen LogP contribution in [-0.4, -0.2) is 28.2 Å². The maximum Gasteiger partial charge on any atom is 0.263 e. The van der Waals surface area contributed by atoms with E-state index in [1.165, 1.54) is 11.3 Å². The second kappa shape index (κ2) is 5.93. The molecule has 0 spiro atoms. The Morgan fingerprint density at radius 1 is 1.50 bits per heavy atom. The minimum Gasteiger partial charge on any atom is -0.397 e. The normalized spacial score (nSPS) is 14.2. The summed E-state index contributed by atoms with van der Waals surface area (Å²) < 4.78 is 12.3. The predicted molar refractivity (Wildman–Crippen MR) is 86.8 cm³/mol. The smallest absolute Gasteiger partial charge is 0.263 e. The minimum absolute atomic E-state index is 0.0724. The lowest BCUT2D eigenvalue weighted by Crippen LogP contribution is -2.32. The number of aryl methyl sites for hydroxylation is 1. The van der Waals surface area contributed by atoms with Crippen LogP contribution in [0, 0.1) is 6.92 Å². The first kappa shape index (κ1) is 15.0. The van der Waals surface area contributed by atoms with Crippen molar-refractivity contribution < 1.29 is 9.00 Å². The van der Waals surface area contributed by atoms with Crippen molar-refractivity contribution in [3.05, 3.63) is 28.6 Å². The van der Waals surface area contributed by atoms with Crippen LogP contribution in [0.5, 0.6) is 0 Å². The summed E-state index contributed by atoms with van der Waals surface area (Å²) in [7, 11) is -0.949. The summed E-state index contributed by atoms with van der Waals surface area (Å²) in [4.78, 5) is 12.7. The molecular weight excluding hydrogens is 292 g/mol. The van der Waals surface area contributed by atoms with Crippen molar-refractivity contribution in [3.8, 4) is 0 Å². The minimum atomic E-state index is -0.949. The fourth-order valence-corrected chi connectivity index (χ4v) is 3.28. The second-order valence-electron chi connectivity index (χ2n) is 4.86. The fraction of sp³-hybridized carbons (Fsp3) is 0.357. The molecule has 0 aliphatic carbocycles. The van der Waals surface area contributed by atoms with Gasteiger partial charge in [-0.05, 0) is 25.5 Å². The number of amides is 1. The van der Waals surface area contributed by atoms with Gasteiger partial charge in [0, 0.05) is 38.9 Å². The number of hydrogen-bond acceptors (Lipinski definition) is 4. The predicted octanol–water partition coefficient (Wildman–Crippen LogP) is 2.29. The number of nitrogens with one attached hydrogen (secondary N) is 1. The van der Waals surface area contributed by atoms with E-state index < -0.39 is 10.8 Å². The van der Waals surface area contributed by atoms with Gasteiger partial charge in [-0.2, -0.15) is 0 Å². The van der Waals surface area contributed by atoms with Gasteiger partial charge in [-0.3, -0.25) is 9.00 Å². The van der Waals surface area contributed by atoms with Gasteiger partial charge in [0.15, 0.2) is 0 Å². The van der Waals surface area contributed by atoms with Crippen LogP contribution < -0.4 is 11.1 Å². The van der Waals surface area contributed by atoms with Gasteiger partial charge in [0.25, 0.3) is 5.91 Å². The van der Waals surface area contributed by atoms with Gasteiger partial charge in [0.2, 0.25) is 0 Å². The topological polar surface area (TPSA) is 72.2 Å². The number of thiophene rings is 1. The van der Waals surface area contributed by atoms with Crippen LogP contribution in [0.3, 0.4) is 0 Å². The van der Waals surface area contributed by atoms with Crippen molar-refractivity contribution in [2.45, 2.75) is 19.1 Å². The number of nitrogens with two attached hydrogens (primary N) is 1. The molecule has 0 fully saturated rings. The molecule has 0 bridgehead atoms. The van der Waals surface area contributed by atoms with E-state index in [0.29, 0.717) is 17.1 Å². The lowest BCUT2D eigenvalue weighted by Gasteiger charge is -2.09. The molecule has 6 heteroatoms. The highest BCUT2D eigenvalue weighted by Crippen LogP contribution is 2.34. The van der Waals surface area contributed by atoms with Gasteiger partial charge >= 0.3 is 0 Å². The SMILES string of the molecule is Cc1ccc2c(N)c(C(=O)NCC(C)S(C)=O)sc2c1. The van der Waals surface area contributed by atoms with Gasteiger partial charge < -0.3 is 11.1 Å². The third-order valence-electron chi connectivity index (χ3n) is 3.21. The number of carbonyl (C=O) groups is 1. The molecule has 0 radical (unpaired) electrons. The van der Waals surface area contributed by atoms with Crippen molar-refractivity contribution in [1.29, 1.82) is 0 Å². The lowest BCUT2D eigenvalue weighted by atomic mass is 10.1. The van der Waals surface area contributed by atoms with Gasteiger partial charge in [-0.15, -0.1) is 11.3 Å². The maximum absolute atomic E-state index is 12.2. The molecule has 0 saturated heterocycles. The number of benzene rings is 1. The number of rotatable bonds is 4. The average Bonchev–Trinajstić information content (AvgIpc) is 2.72. The molecule has 1 aromatic heterocycles. The molecule has 108 valence electrons. The zero-order chi connectivity index (χ0) is 14.9. The Kier molecular flexibility index (Phi) is 4.45. The van der Waals surface area contributed by atoms with E-state index in [2.05, 4.69) is 5.32 Å². The van der Waals surface area contributed by atoms with Crippen LogP contribution in [0.2, 0.25) is 0 Å². The molecule has 1 aromatic carbocycles. The van der Waals surface area contributed by atoms with E-state index in [1.807, 2.05) is 32.0 Å². The van der Waals surface area contributed by atoms with Crippen molar-refractivity contribution in [2.75, 3.05) is 18.5 Å². The van der Waals surface area contributed by atoms with Crippen molar-refractivity contribution >= 4 is 43.8 Å². The Morgan fingerprint density at radius 2 is 2.20 bits per heavy atom. The summed E-state index contributed by atoms with van der Waals surface area (Å²) >= 11 is 1.39. The molecule has 2 rings (SSSR count). The second-order valence-corrected chi connectivity index (χ2v) is 7.72. The largest absolute Gasteiger partial charge is 0.397 e. The highest BCUT2D eigenvalue weighted by molar-refractivity contribution is 7.84. The first-order valence-electron chi connectivity index (χ1n) is 6.29. The van der Waals surface area contributed by atoms with Crippen LogP contribution in [0.25, 0.3) is 10.1 Å². The Morgan fingerprint density at radius 3 is 2.85 bits per heavy atom. The Balaban J connectivity index is 2.22. The molecule has 4 nitrogen and oxygen atoms in total. The first-order chi connectivity index (χ1) is 9.40. The van der Waals surface area contributed by atoms with Crippen LogP contribution in [-0.2, 0) is 10.8 Å². The molecule has 3 N–H and O–H groups in total. The number of hydrogen-bond donors (Lipinski definition) is 2. The van der Waals surface area contributed by atoms with Gasteiger partial charge in [-0.25, -0.2) is 0 Å². The third-order valence-corrected chi connectivity index (χ3v) is 5.67. The molecule has 20 heavy (non-hydrogen) atoms. The van der Waals surface area contributed by atoms with E-state index in [-0.39, 0.29) is 11.2 Å². The summed E-state index contributed by atoms with van der Waals surface area (Å²) in [5, 5.41) is 3.64. The van der Waals surface area contributed by atoms with Gasteiger partial charge in [0.1, 0.15) is 4.88 Å². The molecule has 2 aromatic rings. The Labute approximate surface area is 124 Å². The number of carbonyl (C=O) groups excluding carboxylic acids is 1. The average molecular weight is 310 g/mol. The summed E-state index contributed by atoms with van der Waals surface area (Å²) in [6.45, 7) is 4.23. The molecule has 2 atom stereocenters.